The van der Waals surface area contributed by atoms with E-state index in [0.29, 0.717) is 24.3 Å². The molecule has 0 aromatic heterocycles. The molecule has 1 nitrogen and oxygen atoms in total. The van der Waals surface area contributed by atoms with Crippen LogP contribution in [0.2, 0.25) is 0 Å². The van der Waals surface area contributed by atoms with Gasteiger partial charge in [-0.25, -0.2) is 4.39 Å². The Bertz CT molecular complexity index is 416. The first kappa shape index (κ1) is 7.27. The van der Waals surface area contributed by atoms with Gasteiger partial charge in [0.25, 0.3) is 0 Å². The monoisotopic (exact) mass is 196 g/mol. The summed E-state index contributed by atoms with van der Waals surface area (Å²) in [6.45, 7) is 4.03. The van der Waals surface area contributed by atoms with Crippen LogP contribution in [0.4, 0.5) is 4.39 Å². The molecule has 2 rings (SSSR count). The van der Waals surface area contributed by atoms with Gasteiger partial charge in [0.1, 0.15) is 11.6 Å². The van der Waals surface area contributed by atoms with Crippen LogP contribution in [0.25, 0.3) is 0 Å². The van der Waals surface area contributed by atoms with Crippen molar-refractivity contribution < 1.29 is 11.9 Å². The SMILES string of the molecule is [2H]C([2H])(c1c(F)ccc2c1CCO2)C(C)C. The molecular weight excluding hydrogens is 179 g/mol. The average Bonchev–Trinajstić information content (AvgIpc) is 2.64. The predicted octanol–water partition coefficient (Wildman–Crippen LogP) is 2.96. The third-order valence-electron chi connectivity index (χ3n) is 2.26. The minimum absolute atomic E-state index is 0.178. The van der Waals surface area contributed by atoms with Crippen molar-refractivity contribution in [2.24, 2.45) is 5.92 Å². The highest BCUT2D eigenvalue weighted by Gasteiger charge is 2.19. The smallest absolute Gasteiger partial charge is 0.126 e. The quantitative estimate of drug-likeness (QED) is 0.706. The van der Waals surface area contributed by atoms with Crippen molar-refractivity contribution in [3.8, 4) is 5.75 Å². The van der Waals surface area contributed by atoms with Crippen molar-refractivity contribution >= 4 is 0 Å². The van der Waals surface area contributed by atoms with E-state index in [9.17, 15) is 4.39 Å². The van der Waals surface area contributed by atoms with Crippen molar-refractivity contribution in [2.75, 3.05) is 6.61 Å². The second-order valence-corrected chi connectivity index (χ2v) is 3.80. The molecule has 0 aliphatic carbocycles. The van der Waals surface area contributed by atoms with Crippen LogP contribution >= 0.6 is 0 Å². The third-order valence-corrected chi connectivity index (χ3v) is 2.26. The number of hydrogen-bond acceptors (Lipinski definition) is 1. The molecule has 1 aliphatic heterocycles. The van der Waals surface area contributed by atoms with Gasteiger partial charge in [-0.3, -0.25) is 0 Å². The lowest BCUT2D eigenvalue weighted by Gasteiger charge is -2.10. The van der Waals surface area contributed by atoms with Crippen LogP contribution in [0.5, 0.6) is 5.75 Å². The highest BCUT2D eigenvalue weighted by Crippen LogP contribution is 2.31. The van der Waals surface area contributed by atoms with E-state index < -0.39 is 12.2 Å². The second-order valence-electron chi connectivity index (χ2n) is 3.80. The molecule has 14 heavy (non-hydrogen) atoms. The van der Waals surface area contributed by atoms with Crippen LogP contribution in [-0.4, -0.2) is 6.61 Å². The van der Waals surface area contributed by atoms with Gasteiger partial charge in [-0.15, -0.1) is 0 Å². The zero-order valence-corrected chi connectivity index (χ0v) is 8.43. The molecule has 0 bridgehead atoms. The molecule has 0 saturated carbocycles. The van der Waals surface area contributed by atoms with Crippen LogP contribution < -0.4 is 4.74 Å². The van der Waals surface area contributed by atoms with Gasteiger partial charge in [-0.2, -0.15) is 0 Å². The van der Waals surface area contributed by atoms with E-state index in [2.05, 4.69) is 0 Å². The molecule has 76 valence electrons. The average molecular weight is 196 g/mol. The summed E-state index contributed by atoms with van der Waals surface area (Å²) in [6.07, 6.45) is -1.06. The van der Waals surface area contributed by atoms with E-state index in [1.165, 1.54) is 6.07 Å². The van der Waals surface area contributed by atoms with Crippen LogP contribution in [0.1, 0.15) is 27.7 Å². The summed E-state index contributed by atoms with van der Waals surface area (Å²) in [5.41, 5.74) is 0.871. The van der Waals surface area contributed by atoms with E-state index >= 15 is 0 Å². The highest BCUT2D eigenvalue weighted by atomic mass is 19.1. The highest BCUT2D eigenvalue weighted by molar-refractivity contribution is 5.43. The lowest BCUT2D eigenvalue weighted by atomic mass is 9.96. The van der Waals surface area contributed by atoms with Crippen LogP contribution in [0.3, 0.4) is 0 Å². The molecule has 1 aliphatic rings. The molecule has 0 saturated heterocycles. The van der Waals surface area contributed by atoms with Crippen LogP contribution in [0, 0.1) is 11.7 Å². The largest absolute Gasteiger partial charge is 0.493 e. The molecule has 0 spiro atoms. The molecule has 0 amide bonds. The fourth-order valence-corrected chi connectivity index (χ4v) is 1.69. The number of benzene rings is 1. The topological polar surface area (TPSA) is 9.23 Å². The Labute approximate surface area is 86.7 Å². The molecule has 0 unspecified atom stereocenters. The Morgan fingerprint density at radius 1 is 1.57 bits per heavy atom. The van der Waals surface area contributed by atoms with Crippen LogP contribution in [-0.2, 0) is 12.8 Å². The Balaban J connectivity index is 2.60. The lowest BCUT2D eigenvalue weighted by molar-refractivity contribution is 0.356. The first-order valence-corrected chi connectivity index (χ1v) is 4.89. The molecule has 1 heterocycles. The summed E-state index contributed by atoms with van der Waals surface area (Å²) < 4.78 is 35.1. The Morgan fingerprint density at radius 2 is 2.36 bits per heavy atom. The molecule has 1 aromatic rings. The second kappa shape index (κ2) is 3.60. The molecule has 0 fully saturated rings. The summed E-state index contributed by atoms with van der Waals surface area (Å²) in [5.74, 6) is -0.113. The number of fused-ring (bicyclic) bond motifs is 1. The van der Waals surface area contributed by atoms with Gasteiger partial charge < -0.3 is 4.74 Å². The fourth-order valence-electron chi connectivity index (χ4n) is 1.69. The first-order chi connectivity index (χ1) is 7.44. The summed E-state index contributed by atoms with van der Waals surface area (Å²) in [4.78, 5) is 0. The van der Waals surface area contributed by atoms with Crippen molar-refractivity contribution in [1.82, 2.24) is 0 Å². The van der Waals surface area contributed by atoms with Gasteiger partial charge in [0, 0.05) is 14.7 Å². The molecular formula is C12H15FO. The minimum atomic E-state index is -1.65. The maximum Gasteiger partial charge on any atom is 0.126 e. The van der Waals surface area contributed by atoms with Gasteiger partial charge in [-0.1, -0.05) is 13.8 Å². The molecule has 0 atom stereocenters. The maximum absolute atomic E-state index is 13.8. The van der Waals surface area contributed by atoms with Crippen molar-refractivity contribution in [2.45, 2.75) is 26.6 Å². The summed E-state index contributed by atoms with van der Waals surface area (Å²) in [5, 5.41) is 0. The number of halogens is 1. The van der Waals surface area contributed by atoms with Crippen molar-refractivity contribution in [1.29, 1.82) is 0 Å². The van der Waals surface area contributed by atoms with Gasteiger partial charge in [0.2, 0.25) is 0 Å². The van der Waals surface area contributed by atoms with Crippen molar-refractivity contribution in [3.63, 3.8) is 0 Å². The Kier molecular flexibility index (Phi) is 1.87. The standard InChI is InChI=1S/C12H15FO/c1-8(2)7-10-9-5-6-14-12(9)4-3-11(10)13/h3-4,8H,5-7H2,1-2H3/i7D2. The zero-order valence-electron chi connectivity index (χ0n) is 10.4. The number of hydrogen-bond donors (Lipinski definition) is 0. The van der Waals surface area contributed by atoms with E-state index in [1.807, 2.05) is 0 Å². The summed E-state index contributed by atoms with van der Waals surface area (Å²) in [7, 11) is 0. The Morgan fingerprint density at radius 3 is 3.07 bits per heavy atom. The van der Waals surface area contributed by atoms with Gasteiger partial charge >= 0.3 is 0 Å². The van der Waals surface area contributed by atoms with E-state index in [-0.39, 0.29) is 11.5 Å². The van der Waals surface area contributed by atoms with Crippen molar-refractivity contribution in [3.05, 3.63) is 29.1 Å². The van der Waals surface area contributed by atoms with E-state index in [1.54, 1.807) is 19.9 Å². The zero-order chi connectivity index (χ0) is 11.9. The van der Waals surface area contributed by atoms with Crippen LogP contribution in [0.15, 0.2) is 12.1 Å². The third kappa shape index (κ3) is 1.61. The molecule has 1 aromatic carbocycles. The van der Waals surface area contributed by atoms with Gasteiger partial charge in [-0.05, 0) is 30.0 Å². The van der Waals surface area contributed by atoms with Gasteiger partial charge in [0.15, 0.2) is 0 Å². The minimum Gasteiger partial charge on any atom is -0.493 e. The first-order valence-electron chi connectivity index (χ1n) is 5.89. The summed E-state index contributed by atoms with van der Waals surface area (Å²) in [6, 6.07) is 2.87. The summed E-state index contributed by atoms with van der Waals surface area (Å²) >= 11 is 0. The van der Waals surface area contributed by atoms with Gasteiger partial charge in [0.05, 0.1) is 6.61 Å². The normalized spacial score (nSPS) is 17.4. The lowest BCUT2D eigenvalue weighted by Crippen LogP contribution is -2.01. The molecule has 0 radical (unpaired) electrons. The molecule has 0 N–H and O–H groups in total. The molecule has 2 heteroatoms. The predicted molar refractivity (Wildman–Crippen MR) is 54.1 cm³/mol. The maximum atomic E-state index is 13.8. The number of ether oxygens (including phenoxy) is 1. The fraction of sp³-hybridized carbons (Fsp3) is 0.500. The number of rotatable bonds is 2. The van der Waals surface area contributed by atoms with E-state index in [0.717, 1.165) is 0 Å². The van der Waals surface area contributed by atoms with E-state index in [4.69, 9.17) is 7.48 Å². The Hall–Kier alpha value is -1.05.